The van der Waals surface area contributed by atoms with Gasteiger partial charge in [-0.15, -0.1) is 11.3 Å². The minimum Gasteiger partial charge on any atom is -0.469 e. The maximum Gasteiger partial charge on any atom is 0.260 e. The van der Waals surface area contributed by atoms with Gasteiger partial charge in [-0.05, 0) is 39.7 Å². The zero-order valence-corrected chi connectivity index (χ0v) is 18.0. The molecule has 2 amide bonds. The number of aromatic nitrogens is 1. The summed E-state index contributed by atoms with van der Waals surface area (Å²) in [6.07, 6.45) is 5.86. The predicted octanol–water partition coefficient (Wildman–Crippen LogP) is 3.39. The minimum absolute atomic E-state index is 0.0263. The van der Waals surface area contributed by atoms with Gasteiger partial charge in [0.2, 0.25) is 5.91 Å². The molecule has 156 valence electrons. The van der Waals surface area contributed by atoms with Crippen molar-refractivity contribution in [3.63, 3.8) is 0 Å². The number of hydrogen-bond donors (Lipinski definition) is 2. The number of allylic oxidation sites excluding steroid dienone is 1. The average molecular weight is 417 g/mol. The summed E-state index contributed by atoms with van der Waals surface area (Å²) in [4.78, 5) is 31.3. The number of rotatable bonds is 7. The molecule has 0 saturated carbocycles. The molecule has 7 nitrogen and oxygen atoms in total. The molecule has 2 aromatic heterocycles. The topological polar surface area (TPSA) is 87.5 Å². The number of nitrogens with zero attached hydrogens (tertiary/aromatic N) is 2. The van der Waals surface area contributed by atoms with Crippen LogP contribution in [0.2, 0.25) is 0 Å². The van der Waals surface area contributed by atoms with Crippen LogP contribution in [-0.2, 0) is 11.2 Å². The van der Waals surface area contributed by atoms with Gasteiger partial charge in [0.1, 0.15) is 5.76 Å². The Morgan fingerprint density at radius 2 is 2.10 bits per heavy atom. The molecule has 0 aromatic carbocycles. The molecule has 0 aliphatic carbocycles. The summed E-state index contributed by atoms with van der Waals surface area (Å²) >= 11 is 1.31. The van der Waals surface area contributed by atoms with Crippen LogP contribution in [0.3, 0.4) is 0 Å². The quantitative estimate of drug-likeness (QED) is 0.676. The molecule has 2 N–H and O–H groups in total. The van der Waals surface area contributed by atoms with Crippen LogP contribution in [0.5, 0.6) is 0 Å². The molecule has 29 heavy (non-hydrogen) atoms. The summed E-state index contributed by atoms with van der Waals surface area (Å²) in [5.41, 5.74) is 2.47. The highest BCUT2D eigenvalue weighted by Gasteiger charge is 2.21. The second-order valence-electron chi connectivity index (χ2n) is 7.59. The second kappa shape index (κ2) is 9.84. The molecule has 0 atom stereocenters. The highest BCUT2D eigenvalue weighted by molar-refractivity contribution is 7.14. The van der Waals surface area contributed by atoms with Gasteiger partial charge in [-0.3, -0.25) is 19.8 Å². The lowest BCUT2D eigenvalue weighted by atomic mass is 10.0. The lowest BCUT2D eigenvalue weighted by Crippen LogP contribution is -2.45. The van der Waals surface area contributed by atoms with E-state index in [0.717, 1.165) is 32.5 Å². The van der Waals surface area contributed by atoms with E-state index >= 15 is 0 Å². The Morgan fingerprint density at radius 3 is 2.76 bits per heavy atom. The number of furan rings is 1. The maximum absolute atomic E-state index is 12.4. The third-order valence-corrected chi connectivity index (χ3v) is 5.73. The van der Waals surface area contributed by atoms with Crippen LogP contribution < -0.4 is 10.6 Å². The number of aryl methyl sites for hydroxylation is 1. The van der Waals surface area contributed by atoms with E-state index in [9.17, 15) is 9.59 Å². The van der Waals surface area contributed by atoms with E-state index in [2.05, 4.69) is 40.4 Å². The number of likely N-dealkylation sites (tertiary alicyclic amines) is 1. The van der Waals surface area contributed by atoms with Crippen molar-refractivity contribution in [2.75, 3.05) is 25.0 Å². The van der Waals surface area contributed by atoms with Crippen molar-refractivity contribution in [1.82, 2.24) is 15.2 Å². The first kappa shape index (κ1) is 21.3. The van der Waals surface area contributed by atoms with E-state index in [1.54, 1.807) is 18.4 Å². The molecule has 0 bridgehead atoms. The normalized spacial score (nSPS) is 15.1. The first-order chi connectivity index (χ1) is 13.9. The minimum atomic E-state index is -0.263. The summed E-state index contributed by atoms with van der Waals surface area (Å²) < 4.78 is 5.15. The molecule has 3 rings (SSSR count). The molecule has 0 spiro atoms. The van der Waals surface area contributed by atoms with Crippen molar-refractivity contribution in [2.45, 2.75) is 46.1 Å². The van der Waals surface area contributed by atoms with E-state index in [4.69, 9.17) is 4.42 Å². The fraction of sp³-hybridized carbons (Fsp3) is 0.476. The third-order valence-electron chi connectivity index (χ3n) is 4.93. The standard InChI is InChI=1S/C21H28N4O3S/c1-14(2)4-8-25-9-5-16(6-10-25)22-19(26)12-17-13-29-21(23-17)24-20(27)18-7-11-28-15(18)3/h4,7,11,13,16H,5-6,8-10,12H2,1-3H3,(H,22,26)(H,23,24,27). The number of piperidine rings is 1. The van der Waals surface area contributed by atoms with Crippen molar-refractivity contribution in [2.24, 2.45) is 0 Å². The molecule has 8 heteroatoms. The van der Waals surface area contributed by atoms with Gasteiger partial charge in [0.05, 0.1) is 23.9 Å². The fourth-order valence-electron chi connectivity index (χ4n) is 3.25. The zero-order chi connectivity index (χ0) is 20.8. The Kier molecular flexibility index (Phi) is 7.22. The van der Waals surface area contributed by atoms with Crippen molar-refractivity contribution in [3.05, 3.63) is 46.4 Å². The Bertz CT molecular complexity index is 874. The van der Waals surface area contributed by atoms with Crippen molar-refractivity contribution >= 4 is 28.3 Å². The van der Waals surface area contributed by atoms with Gasteiger partial charge in [0.15, 0.2) is 5.13 Å². The zero-order valence-electron chi connectivity index (χ0n) is 17.2. The van der Waals surface area contributed by atoms with Crippen molar-refractivity contribution < 1.29 is 14.0 Å². The van der Waals surface area contributed by atoms with Gasteiger partial charge in [0, 0.05) is 31.1 Å². The number of hydrogen-bond acceptors (Lipinski definition) is 6. The first-order valence-electron chi connectivity index (χ1n) is 9.85. The lowest BCUT2D eigenvalue weighted by Gasteiger charge is -2.31. The van der Waals surface area contributed by atoms with Gasteiger partial charge in [-0.25, -0.2) is 4.98 Å². The Labute approximate surface area is 175 Å². The van der Waals surface area contributed by atoms with Gasteiger partial charge in [0.25, 0.3) is 5.91 Å². The number of amides is 2. The molecule has 0 radical (unpaired) electrons. The van der Waals surface area contributed by atoms with Crippen LogP contribution in [0.4, 0.5) is 5.13 Å². The van der Waals surface area contributed by atoms with Crippen LogP contribution in [0.25, 0.3) is 0 Å². The SMILES string of the molecule is CC(C)=CCN1CCC(NC(=O)Cc2csc(NC(=O)c3ccoc3C)n2)CC1. The van der Waals surface area contributed by atoms with Crippen LogP contribution in [-0.4, -0.2) is 47.4 Å². The molecule has 1 aliphatic rings. The highest BCUT2D eigenvalue weighted by atomic mass is 32.1. The molecule has 3 heterocycles. The van der Waals surface area contributed by atoms with Crippen LogP contribution in [0, 0.1) is 6.92 Å². The summed E-state index contributed by atoms with van der Waals surface area (Å²) in [5, 5.41) is 8.15. The van der Waals surface area contributed by atoms with E-state index in [0.29, 0.717) is 22.1 Å². The number of carbonyl (C=O) groups is 2. The Balaban J connectivity index is 1.43. The lowest BCUT2D eigenvalue weighted by molar-refractivity contribution is -0.121. The molecule has 2 aromatic rings. The Morgan fingerprint density at radius 1 is 1.34 bits per heavy atom. The second-order valence-corrected chi connectivity index (χ2v) is 8.45. The molecule has 1 fully saturated rings. The van der Waals surface area contributed by atoms with Gasteiger partial charge in [-0.2, -0.15) is 0 Å². The predicted molar refractivity (Wildman–Crippen MR) is 114 cm³/mol. The van der Waals surface area contributed by atoms with Crippen molar-refractivity contribution in [3.8, 4) is 0 Å². The largest absolute Gasteiger partial charge is 0.469 e. The first-order valence-corrected chi connectivity index (χ1v) is 10.7. The smallest absolute Gasteiger partial charge is 0.260 e. The summed E-state index contributed by atoms with van der Waals surface area (Å²) in [7, 11) is 0. The van der Waals surface area contributed by atoms with E-state index in [1.807, 2.05) is 0 Å². The molecule has 1 saturated heterocycles. The van der Waals surface area contributed by atoms with Crippen LogP contribution >= 0.6 is 11.3 Å². The average Bonchev–Trinajstić information content (AvgIpc) is 3.29. The highest BCUT2D eigenvalue weighted by Crippen LogP contribution is 2.19. The van der Waals surface area contributed by atoms with Crippen LogP contribution in [0.1, 0.15) is 48.5 Å². The molecule has 1 aliphatic heterocycles. The molecular weight excluding hydrogens is 388 g/mol. The summed E-state index contributed by atoms with van der Waals surface area (Å²) in [6.45, 7) is 8.93. The van der Waals surface area contributed by atoms with Gasteiger partial charge >= 0.3 is 0 Å². The summed E-state index contributed by atoms with van der Waals surface area (Å²) in [5.74, 6) is 0.272. The molecule has 0 unspecified atom stereocenters. The number of thiazole rings is 1. The summed E-state index contributed by atoms with van der Waals surface area (Å²) in [6, 6.07) is 1.84. The maximum atomic E-state index is 12.4. The van der Waals surface area contributed by atoms with E-state index in [1.165, 1.54) is 23.2 Å². The van der Waals surface area contributed by atoms with Gasteiger partial charge in [-0.1, -0.05) is 11.6 Å². The number of anilines is 1. The number of carbonyl (C=O) groups excluding carboxylic acids is 2. The van der Waals surface area contributed by atoms with Crippen LogP contribution in [0.15, 0.2) is 33.8 Å². The van der Waals surface area contributed by atoms with E-state index < -0.39 is 0 Å². The Hall–Kier alpha value is -2.45. The molecular formula is C21H28N4O3S. The number of nitrogens with one attached hydrogen (secondary N) is 2. The monoisotopic (exact) mass is 416 g/mol. The van der Waals surface area contributed by atoms with Gasteiger partial charge < -0.3 is 9.73 Å². The third kappa shape index (κ3) is 6.27. The van der Waals surface area contributed by atoms with Crippen molar-refractivity contribution in [1.29, 1.82) is 0 Å². The fourth-order valence-corrected chi connectivity index (χ4v) is 3.95. The van der Waals surface area contributed by atoms with E-state index in [-0.39, 0.29) is 24.3 Å².